The van der Waals surface area contributed by atoms with E-state index in [1.54, 1.807) is 0 Å². The normalized spacial score (nSPS) is 14.2. The maximum atomic E-state index is 13.1. The highest BCUT2D eigenvalue weighted by Crippen LogP contribution is 2.45. The SMILES string of the molecule is CCCCCCCCCCCCCCCCCCCCCCC(=O)O[C@H](COC(=O)CCCCCCCCCCCCCCCCC(C)CC)COP(=O)(O)OC[C@@H](O)COP(=O)(O)OC[C@@H](COC(=O)CCCCCCCCC(C)C)OC(=O)CCCCCCCCCCCCCC(C)C. The number of carbonyl (C=O) groups excluding carboxylic acids is 4. The molecule has 0 rings (SSSR count). The fraction of sp³-hybridized carbons (Fsp3) is 0.951. The molecule has 0 amide bonds. The Morgan fingerprint density at radius 2 is 0.505 bits per heavy atom. The third-order valence-electron chi connectivity index (χ3n) is 19.5. The molecule has 0 bridgehead atoms. The summed E-state index contributed by atoms with van der Waals surface area (Å²) >= 11 is 0. The van der Waals surface area contributed by atoms with Crippen molar-refractivity contribution in [2.45, 2.75) is 446 Å². The number of phosphoric acid groups is 2. The van der Waals surface area contributed by atoms with Gasteiger partial charge in [-0.1, -0.05) is 376 Å². The summed E-state index contributed by atoms with van der Waals surface area (Å²) in [4.78, 5) is 73.0. The number of rotatable bonds is 80. The molecule has 101 heavy (non-hydrogen) atoms. The van der Waals surface area contributed by atoms with Crippen LogP contribution in [0.1, 0.15) is 427 Å². The molecule has 17 nitrogen and oxygen atoms in total. The molecule has 600 valence electrons. The lowest BCUT2D eigenvalue weighted by atomic mass is 9.99. The van der Waals surface area contributed by atoms with Gasteiger partial charge in [0, 0.05) is 25.7 Å². The van der Waals surface area contributed by atoms with Crippen LogP contribution in [0.5, 0.6) is 0 Å². The van der Waals surface area contributed by atoms with Crippen LogP contribution in [0.3, 0.4) is 0 Å². The van der Waals surface area contributed by atoms with Crippen LogP contribution in [0, 0.1) is 17.8 Å². The van der Waals surface area contributed by atoms with Crippen LogP contribution >= 0.6 is 15.6 Å². The van der Waals surface area contributed by atoms with E-state index >= 15 is 0 Å². The Morgan fingerprint density at radius 1 is 0.287 bits per heavy atom. The molecule has 0 aromatic heterocycles. The summed E-state index contributed by atoms with van der Waals surface area (Å²) in [5.74, 6) is 0.182. The molecular weight excluding hydrogens is 1320 g/mol. The zero-order chi connectivity index (χ0) is 74.4. The van der Waals surface area contributed by atoms with Gasteiger partial charge >= 0.3 is 39.5 Å². The Kier molecular flexibility index (Phi) is 70.9. The van der Waals surface area contributed by atoms with E-state index in [0.717, 1.165) is 108 Å². The average molecular weight is 1480 g/mol. The van der Waals surface area contributed by atoms with E-state index in [9.17, 15) is 43.2 Å². The van der Waals surface area contributed by atoms with Gasteiger partial charge < -0.3 is 33.8 Å². The summed E-state index contributed by atoms with van der Waals surface area (Å²) in [6, 6.07) is 0. The van der Waals surface area contributed by atoms with Gasteiger partial charge in [-0.3, -0.25) is 37.3 Å². The van der Waals surface area contributed by atoms with Gasteiger partial charge in [0.1, 0.15) is 19.3 Å². The van der Waals surface area contributed by atoms with E-state index in [0.29, 0.717) is 31.6 Å². The number of ether oxygens (including phenoxy) is 4. The standard InChI is InChI=1S/C82H160O17P2/c1-8-10-11-12-13-14-15-16-17-18-19-20-21-22-27-32-37-42-51-58-65-81(86)98-77(69-92-79(84)63-56-49-41-36-31-26-24-23-25-30-35-40-48-55-62-75(7)9-2)71-96-100(88,89)94-67-76(83)68-95-101(90,91)97-72-78(70-93-80(85)64-57-50-45-44-47-54-61-74(5)6)99-82(87)66-59-52-43-38-33-28-29-34-39-46-53-60-73(3)4/h73-78,83H,8-72H2,1-7H3,(H,88,89)(H,90,91)/t75?,76-,77-,78-/m1/s1. The van der Waals surface area contributed by atoms with Crippen LogP contribution in [0.25, 0.3) is 0 Å². The summed E-state index contributed by atoms with van der Waals surface area (Å²) in [6.07, 6.45) is 61.2. The first-order chi connectivity index (χ1) is 48.8. The van der Waals surface area contributed by atoms with Crippen molar-refractivity contribution in [3.05, 3.63) is 0 Å². The molecule has 0 aromatic rings. The topological polar surface area (TPSA) is 237 Å². The van der Waals surface area contributed by atoms with E-state index in [-0.39, 0.29) is 25.7 Å². The molecule has 19 heteroatoms. The molecule has 0 aliphatic rings. The second-order valence-electron chi connectivity index (χ2n) is 30.7. The highest BCUT2D eigenvalue weighted by molar-refractivity contribution is 7.47. The second-order valence-corrected chi connectivity index (χ2v) is 33.6. The maximum absolute atomic E-state index is 13.1. The Balaban J connectivity index is 5.22. The molecule has 0 saturated heterocycles. The summed E-state index contributed by atoms with van der Waals surface area (Å²) in [6.45, 7) is 11.9. The molecule has 0 heterocycles. The first kappa shape index (κ1) is 99.1. The molecule has 0 aliphatic heterocycles. The van der Waals surface area contributed by atoms with Gasteiger partial charge in [0.15, 0.2) is 12.2 Å². The van der Waals surface area contributed by atoms with Crippen LogP contribution in [-0.2, 0) is 65.4 Å². The Labute approximate surface area is 619 Å². The number of hydrogen-bond donors (Lipinski definition) is 3. The number of aliphatic hydroxyl groups is 1. The van der Waals surface area contributed by atoms with E-state index < -0.39 is 97.5 Å². The molecule has 3 unspecified atom stereocenters. The lowest BCUT2D eigenvalue weighted by molar-refractivity contribution is -0.161. The van der Waals surface area contributed by atoms with E-state index in [1.165, 1.54) is 231 Å². The van der Waals surface area contributed by atoms with Crippen molar-refractivity contribution < 1.29 is 80.2 Å². The van der Waals surface area contributed by atoms with E-state index in [2.05, 4.69) is 48.5 Å². The molecule has 0 fully saturated rings. The van der Waals surface area contributed by atoms with Crippen molar-refractivity contribution in [3.8, 4) is 0 Å². The Hall–Kier alpha value is -1.94. The van der Waals surface area contributed by atoms with E-state index in [4.69, 9.17) is 37.0 Å². The minimum atomic E-state index is -4.96. The number of hydrogen-bond acceptors (Lipinski definition) is 15. The lowest BCUT2D eigenvalue weighted by Crippen LogP contribution is -2.30. The number of carbonyl (C=O) groups is 4. The second kappa shape index (κ2) is 72.3. The number of unbranched alkanes of at least 4 members (excludes halogenated alkanes) is 47. The van der Waals surface area contributed by atoms with Crippen molar-refractivity contribution in [3.63, 3.8) is 0 Å². The third-order valence-corrected chi connectivity index (χ3v) is 21.4. The summed E-state index contributed by atoms with van der Waals surface area (Å²) < 4.78 is 68.7. The first-order valence-corrected chi connectivity index (χ1v) is 45.4. The fourth-order valence-electron chi connectivity index (χ4n) is 12.6. The largest absolute Gasteiger partial charge is 0.472 e. The van der Waals surface area contributed by atoms with Crippen LogP contribution in [-0.4, -0.2) is 96.7 Å². The maximum Gasteiger partial charge on any atom is 0.472 e. The van der Waals surface area contributed by atoms with Crippen LogP contribution in [0.15, 0.2) is 0 Å². The smallest absolute Gasteiger partial charge is 0.462 e. The van der Waals surface area contributed by atoms with Crippen molar-refractivity contribution in [2.75, 3.05) is 39.6 Å². The van der Waals surface area contributed by atoms with Gasteiger partial charge in [-0.2, -0.15) is 0 Å². The van der Waals surface area contributed by atoms with Crippen molar-refractivity contribution in [1.82, 2.24) is 0 Å². The summed E-state index contributed by atoms with van der Waals surface area (Å²) in [7, 11) is -9.92. The van der Waals surface area contributed by atoms with E-state index in [1.807, 2.05) is 0 Å². The van der Waals surface area contributed by atoms with Gasteiger partial charge in [0.25, 0.3) is 0 Å². The predicted molar refractivity (Wildman–Crippen MR) is 414 cm³/mol. The highest BCUT2D eigenvalue weighted by atomic mass is 31.2. The number of phosphoric ester groups is 2. The minimum absolute atomic E-state index is 0.105. The number of aliphatic hydroxyl groups excluding tert-OH is 1. The van der Waals surface area contributed by atoms with Crippen LogP contribution < -0.4 is 0 Å². The molecule has 0 radical (unpaired) electrons. The van der Waals surface area contributed by atoms with Gasteiger partial charge in [0.05, 0.1) is 26.4 Å². The van der Waals surface area contributed by atoms with Crippen LogP contribution in [0.4, 0.5) is 0 Å². The Morgan fingerprint density at radius 3 is 0.752 bits per heavy atom. The predicted octanol–water partition coefficient (Wildman–Crippen LogP) is 24.5. The van der Waals surface area contributed by atoms with Gasteiger partial charge in [-0.25, -0.2) is 9.13 Å². The first-order valence-electron chi connectivity index (χ1n) is 42.4. The highest BCUT2D eigenvalue weighted by Gasteiger charge is 2.30. The van der Waals surface area contributed by atoms with Crippen LogP contribution in [0.2, 0.25) is 0 Å². The fourth-order valence-corrected chi connectivity index (χ4v) is 14.2. The zero-order valence-electron chi connectivity index (χ0n) is 66.4. The third kappa shape index (κ3) is 74.7. The Bertz CT molecular complexity index is 1960. The average Bonchev–Trinajstić information content (AvgIpc) is 1.00. The van der Waals surface area contributed by atoms with Gasteiger partial charge in [-0.15, -0.1) is 0 Å². The van der Waals surface area contributed by atoms with Crippen molar-refractivity contribution in [1.29, 1.82) is 0 Å². The van der Waals surface area contributed by atoms with Gasteiger partial charge in [-0.05, 0) is 43.4 Å². The van der Waals surface area contributed by atoms with Gasteiger partial charge in [0.2, 0.25) is 0 Å². The molecule has 0 aliphatic carbocycles. The monoisotopic (exact) mass is 1480 g/mol. The molecule has 3 N–H and O–H groups in total. The van der Waals surface area contributed by atoms with Crippen molar-refractivity contribution >= 4 is 39.5 Å². The molecule has 0 spiro atoms. The molecular formula is C82H160O17P2. The molecule has 0 saturated carbocycles. The summed E-state index contributed by atoms with van der Waals surface area (Å²) in [5, 5.41) is 10.6. The number of esters is 4. The zero-order valence-corrected chi connectivity index (χ0v) is 68.2. The molecule has 6 atom stereocenters. The lowest BCUT2D eigenvalue weighted by Gasteiger charge is -2.21. The summed E-state index contributed by atoms with van der Waals surface area (Å²) in [5.41, 5.74) is 0. The molecule has 0 aromatic carbocycles. The quantitative estimate of drug-likeness (QED) is 0.0222. The van der Waals surface area contributed by atoms with Crippen molar-refractivity contribution in [2.24, 2.45) is 17.8 Å². The minimum Gasteiger partial charge on any atom is -0.462 e.